The fourth-order valence-electron chi connectivity index (χ4n) is 1.43. The van der Waals surface area contributed by atoms with E-state index in [1.807, 2.05) is 0 Å². The monoisotopic (exact) mass is 262 g/mol. The molecule has 2 rings (SSSR count). The summed E-state index contributed by atoms with van der Waals surface area (Å²) >= 11 is 0. The minimum absolute atomic E-state index is 0.0271. The molecule has 0 saturated carbocycles. The van der Waals surface area contributed by atoms with Gasteiger partial charge in [-0.05, 0) is 30.3 Å². The third kappa shape index (κ3) is 2.23. The van der Waals surface area contributed by atoms with Crippen molar-refractivity contribution in [3.05, 3.63) is 64.7 Å². The summed E-state index contributed by atoms with van der Waals surface area (Å²) in [7, 11) is -3.62. The topological polar surface area (TPSA) is 77.3 Å². The van der Waals surface area contributed by atoms with Crippen molar-refractivity contribution in [2.75, 3.05) is 0 Å². The van der Waals surface area contributed by atoms with Crippen LogP contribution in [0.3, 0.4) is 0 Å². The summed E-state index contributed by atoms with van der Waals surface area (Å²) in [5, 5.41) is 10.5. The molecule has 0 saturated heterocycles. The van der Waals surface area contributed by atoms with Crippen molar-refractivity contribution >= 4 is 15.5 Å². The number of benzene rings is 2. The Bertz CT molecular complexity index is 663. The van der Waals surface area contributed by atoms with E-state index in [1.54, 1.807) is 0 Å². The summed E-state index contributed by atoms with van der Waals surface area (Å²) in [6.45, 7) is 0. The number of sulfone groups is 1. The maximum atomic E-state index is 12.1. The molecule has 0 heterocycles. The molecular weight excluding hydrogens is 254 g/mol. The van der Waals surface area contributed by atoms with Crippen LogP contribution in [0.4, 0.5) is 5.69 Å². The zero-order valence-electron chi connectivity index (χ0n) is 9.11. The van der Waals surface area contributed by atoms with E-state index in [1.165, 1.54) is 48.5 Å². The largest absolute Gasteiger partial charge is 0.269 e. The first kappa shape index (κ1) is 12.3. The quantitative estimate of drug-likeness (QED) is 0.627. The Morgan fingerprint density at radius 1 is 0.944 bits per heavy atom. The third-order valence-electron chi connectivity index (χ3n) is 2.36. The lowest BCUT2D eigenvalue weighted by molar-refractivity contribution is -0.384. The van der Waals surface area contributed by atoms with Crippen molar-refractivity contribution in [3.8, 4) is 0 Å². The minimum atomic E-state index is -3.62. The Kier molecular flexibility index (Phi) is 3.12. The molecule has 1 radical (unpaired) electrons. The predicted molar refractivity (Wildman–Crippen MR) is 63.8 cm³/mol. The van der Waals surface area contributed by atoms with Gasteiger partial charge >= 0.3 is 0 Å². The fourth-order valence-corrected chi connectivity index (χ4v) is 2.69. The standard InChI is InChI=1S/C12H8NO4S/c14-13(15)10-6-8-12(9-7-10)18(16,17)11-4-2-1-3-5-11/h2-9H. The summed E-state index contributed by atoms with van der Waals surface area (Å²) in [4.78, 5) is 10.1. The first-order valence-corrected chi connectivity index (χ1v) is 6.46. The second kappa shape index (κ2) is 4.58. The molecule has 91 valence electrons. The second-order valence-corrected chi connectivity index (χ2v) is 5.44. The molecule has 0 bridgehead atoms. The Morgan fingerprint density at radius 2 is 1.44 bits per heavy atom. The molecule has 0 amide bonds. The average Bonchev–Trinajstić information content (AvgIpc) is 2.40. The molecule has 0 N–H and O–H groups in total. The molecule has 0 unspecified atom stereocenters. The number of non-ortho nitro benzene ring substituents is 1. The van der Waals surface area contributed by atoms with Gasteiger partial charge in [0.05, 0.1) is 14.7 Å². The van der Waals surface area contributed by atoms with Gasteiger partial charge in [-0.3, -0.25) is 10.1 Å². The zero-order chi connectivity index (χ0) is 13.2. The van der Waals surface area contributed by atoms with Gasteiger partial charge in [0, 0.05) is 12.1 Å². The van der Waals surface area contributed by atoms with Crippen LogP contribution in [0.5, 0.6) is 0 Å². The van der Waals surface area contributed by atoms with Crippen LogP contribution >= 0.6 is 0 Å². The second-order valence-electron chi connectivity index (χ2n) is 3.49. The molecule has 0 fully saturated rings. The highest BCUT2D eigenvalue weighted by Crippen LogP contribution is 2.22. The number of nitro benzene ring substituents is 1. The normalized spacial score (nSPS) is 11.1. The van der Waals surface area contributed by atoms with Gasteiger partial charge in [0.2, 0.25) is 9.84 Å². The minimum Gasteiger partial charge on any atom is -0.258 e. The van der Waals surface area contributed by atoms with E-state index in [2.05, 4.69) is 6.07 Å². The highest BCUT2D eigenvalue weighted by molar-refractivity contribution is 7.91. The Labute approximate surface area is 104 Å². The van der Waals surface area contributed by atoms with E-state index < -0.39 is 14.8 Å². The van der Waals surface area contributed by atoms with Gasteiger partial charge in [-0.1, -0.05) is 12.1 Å². The molecule has 0 atom stereocenters. The van der Waals surface area contributed by atoms with Crippen molar-refractivity contribution in [1.29, 1.82) is 0 Å². The highest BCUT2D eigenvalue weighted by atomic mass is 32.2. The lowest BCUT2D eigenvalue weighted by atomic mass is 10.3. The highest BCUT2D eigenvalue weighted by Gasteiger charge is 2.18. The van der Waals surface area contributed by atoms with E-state index in [0.29, 0.717) is 0 Å². The molecule has 2 aromatic carbocycles. The lowest BCUT2D eigenvalue weighted by Gasteiger charge is -2.03. The summed E-state index contributed by atoms with van der Waals surface area (Å²) in [6.07, 6.45) is 0. The number of rotatable bonds is 3. The van der Waals surface area contributed by atoms with E-state index in [0.717, 1.165) is 0 Å². The number of hydrogen-bond acceptors (Lipinski definition) is 4. The van der Waals surface area contributed by atoms with Crippen LogP contribution in [0.1, 0.15) is 0 Å². The summed E-state index contributed by atoms with van der Waals surface area (Å²) in [5.74, 6) is 0. The zero-order valence-corrected chi connectivity index (χ0v) is 9.92. The van der Waals surface area contributed by atoms with Crippen LogP contribution in [0, 0.1) is 16.2 Å². The molecule has 18 heavy (non-hydrogen) atoms. The maximum Gasteiger partial charge on any atom is 0.269 e. The van der Waals surface area contributed by atoms with Gasteiger partial charge in [0.25, 0.3) is 5.69 Å². The van der Waals surface area contributed by atoms with E-state index >= 15 is 0 Å². The molecule has 5 nitrogen and oxygen atoms in total. The molecular formula is C12H8NO4S. The summed E-state index contributed by atoms with van der Waals surface area (Å²) < 4.78 is 24.3. The van der Waals surface area contributed by atoms with Gasteiger partial charge in [-0.25, -0.2) is 8.42 Å². The van der Waals surface area contributed by atoms with Crippen LogP contribution in [0.2, 0.25) is 0 Å². The van der Waals surface area contributed by atoms with Crippen LogP contribution in [0.15, 0.2) is 58.3 Å². The van der Waals surface area contributed by atoms with Crippen molar-refractivity contribution in [2.45, 2.75) is 9.79 Å². The Balaban J connectivity index is 2.46. The van der Waals surface area contributed by atoms with Crippen LogP contribution in [-0.4, -0.2) is 13.3 Å². The average molecular weight is 262 g/mol. The van der Waals surface area contributed by atoms with Crippen LogP contribution in [-0.2, 0) is 9.84 Å². The molecule has 0 aliphatic heterocycles. The van der Waals surface area contributed by atoms with Gasteiger partial charge < -0.3 is 0 Å². The molecule has 0 spiro atoms. The SMILES string of the molecule is O=[N+]([O-])c1ccc(S(=O)(=O)c2cc[c]cc2)cc1. The molecule has 0 aliphatic carbocycles. The van der Waals surface area contributed by atoms with Gasteiger partial charge in [0.15, 0.2) is 0 Å². The maximum absolute atomic E-state index is 12.1. The first-order valence-electron chi connectivity index (χ1n) is 4.97. The van der Waals surface area contributed by atoms with Gasteiger partial charge in [-0.15, -0.1) is 0 Å². The first-order chi connectivity index (χ1) is 8.51. The molecule has 2 aromatic rings. The van der Waals surface area contributed by atoms with E-state index in [-0.39, 0.29) is 15.5 Å². The third-order valence-corrected chi connectivity index (χ3v) is 4.14. The van der Waals surface area contributed by atoms with Crippen LogP contribution < -0.4 is 0 Å². The van der Waals surface area contributed by atoms with Crippen molar-refractivity contribution in [2.24, 2.45) is 0 Å². The van der Waals surface area contributed by atoms with Gasteiger partial charge in [-0.2, -0.15) is 0 Å². The summed E-state index contributed by atoms with van der Waals surface area (Å²) in [6, 6.07) is 13.4. The fraction of sp³-hybridized carbons (Fsp3) is 0. The van der Waals surface area contributed by atoms with Gasteiger partial charge in [0.1, 0.15) is 0 Å². The number of nitrogens with zero attached hydrogens (tertiary/aromatic N) is 1. The number of hydrogen-bond donors (Lipinski definition) is 0. The Morgan fingerprint density at radius 3 is 1.94 bits per heavy atom. The molecule has 0 aliphatic rings. The van der Waals surface area contributed by atoms with Crippen LogP contribution in [0.25, 0.3) is 0 Å². The molecule has 6 heteroatoms. The number of nitro groups is 1. The predicted octanol–water partition coefficient (Wildman–Crippen LogP) is 2.23. The van der Waals surface area contributed by atoms with E-state index in [9.17, 15) is 18.5 Å². The van der Waals surface area contributed by atoms with Crippen molar-refractivity contribution < 1.29 is 13.3 Å². The summed E-state index contributed by atoms with van der Waals surface area (Å²) in [5.41, 5.74) is -0.143. The molecule has 0 aromatic heterocycles. The van der Waals surface area contributed by atoms with E-state index in [4.69, 9.17) is 0 Å². The lowest BCUT2D eigenvalue weighted by Crippen LogP contribution is -2.01. The van der Waals surface area contributed by atoms with Crippen molar-refractivity contribution in [1.82, 2.24) is 0 Å². The Hall–Kier alpha value is -2.21. The smallest absolute Gasteiger partial charge is 0.258 e. The van der Waals surface area contributed by atoms with Crippen molar-refractivity contribution in [3.63, 3.8) is 0 Å².